The minimum Gasteiger partial charge on any atom is -0.480 e. The summed E-state index contributed by atoms with van der Waals surface area (Å²) in [5.41, 5.74) is 5.36. The lowest BCUT2D eigenvalue weighted by atomic mass is 10.1. The molecule has 0 aromatic carbocycles. The van der Waals surface area contributed by atoms with Crippen molar-refractivity contribution < 1.29 is 24.9 Å². The van der Waals surface area contributed by atoms with Gasteiger partial charge in [-0.25, -0.2) is 0 Å². The number of carboxylic acids is 1. The maximum Gasteiger partial charge on any atom is 0.320 e. The fourth-order valence-corrected chi connectivity index (χ4v) is 1.53. The molecular weight excluding hydrogens is 252 g/mol. The van der Waals surface area contributed by atoms with Crippen molar-refractivity contribution in [3.05, 3.63) is 0 Å². The lowest BCUT2D eigenvalue weighted by molar-refractivity contribution is -0.140. The molecule has 2 unspecified atom stereocenters. The minimum absolute atomic E-state index is 0.109. The van der Waals surface area contributed by atoms with E-state index in [4.69, 9.17) is 25.8 Å². The summed E-state index contributed by atoms with van der Waals surface area (Å²) in [7, 11) is 0. The molecule has 6 N–H and O–H groups in total. The van der Waals surface area contributed by atoms with E-state index < -0.39 is 24.2 Å². The first-order valence-electron chi connectivity index (χ1n) is 6.58. The van der Waals surface area contributed by atoms with Gasteiger partial charge in [-0.1, -0.05) is 6.42 Å². The Morgan fingerprint density at radius 3 is 2.58 bits per heavy atom. The van der Waals surface area contributed by atoms with E-state index in [1.807, 2.05) is 0 Å². The molecule has 0 bridgehead atoms. The molecule has 0 aromatic rings. The third kappa shape index (κ3) is 9.80. The van der Waals surface area contributed by atoms with E-state index in [-0.39, 0.29) is 19.8 Å². The quantitative estimate of drug-likeness (QED) is 0.287. The number of unbranched alkanes of at least 4 members (excludes halogenated alkanes) is 1. The third-order valence-corrected chi connectivity index (χ3v) is 2.61. The highest BCUT2D eigenvalue weighted by Gasteiger charge is 2.18. The van der Waals surface area contributed by atoms with Crippen LogP contribution in [0.2, 0.25) is 0 Å². The highest BCUT2D eigenvalue weighted by molar-refractivity contribution is 5.73. The number of aliphatic hydroxyl groups excluding tert-OH is 2. The molecule has 19 heavy (non-hydrogen) atoms. The van der Waals surface area contributed by atoms with E-state index in [1.165, 1.54) is 0 Å². The molecule has 0 saturated heterocycles. The maximum atomic E-state index is 11.0. The number of rotatable bonds is 12. The van der Waals surface area contributed by atoms with E-state index in [2.05, 4.69) is 5.32 Å². The van der Waals surface area contributed by atoms with Crippen LogP contribution in [0.4, 0.5) is 0 Å². The summed E-state index contributed by atoms with van der Waals surface area (Å²) in [4.78, 5) is 11.0. The van der Waals surface area contributed by atoms with Gasteiger partial charge in [-0.05, 0) is 26.3 Å². The standard InChI is InChI=1S/C12H26N2O5/c1-9(16)8-19-10(7-15)6-14-11(12(17)18)4-2-3-5-13/h9-11,14-16H,2-8,13H2,1H3,(H,17,18)/t9?,10?,11-/m0/s1. The Bertz CT molecular complexity index is 238. The number of aliphatic carboxylic acids is 1. The fraction of sp³-hybridized carbons (Fsp3) is 0.917. The molecule has 3 atom stereocenters. The normalized spacial score (nSPS) is 16.0. The van der Waals surface area contributed by atoms with Crippen LogP contribution in [0, 0.1) is 0 Å². The van der Waals surface area contributed by atoms with Gasteiger partial charge in [0.2, 0.25) is 0 Å². The monoisotopic (exact) mass is 278 g/mol. The second kappa shape index (κ2) is 11.1. The molecule has 0 aliphatic carbocycles. The molecule has 0 fully saturated rings. The zero-order valence-electron chi connectivity index (χ0n) is 11.4. The van der Waals surface area contributed by atoms with Crippen LogP contribution in [-0.4, -0.2) is 65.8 Å². The second-order valence-electron chi connectivity index (χ2n) is 4.57. The Balaban J connectivity index is 4.01. The Morgan fingerprint density at radius 2 is 2.11 bits per heavy atom. The molecule has 114 valence electrons. The van der Waals surface area contributed by atoms with Crippen LogP contribution in [0.15, 0.2) is 0 Å². The van der Waals surface area contributed by atoms with Gasteiger partial charge >= 0.3 is 5.97 Å². The first kappa shape index (κ1) is 18.3. The molecule has 0 rings (SSSR count). The number of nitrogens with two attached hydrogens (primary N) is 1. The summed E-state index contributed by atoms with van der Waals surface area (Å²) in [5.74, 6) is -0.927. The topological polar surface area (TPSA) is 125 Å². The molecule has 0 heterocycles. The van der Waals surface area contributed by atoms with Gasteiger partial charge in [0, 0.05) is 6.54 Å². The number of nitrogens with one attached hydrogen (secondary N) is 1. The summed E-state index contributed by atoms with van der Waals surface area (Å²) in [6.07, 6.45) is 0.868. The summed E-state index contributed by atoms with van der Waals surface area (Å²) in [5, 5.41) is 30.1. The Labute approximate surface area is 113 Å². The number of carboxylic acid groups (broad SMARTS) is 1. The molecule has 0 aliphatic heterocycles. The number of aliphatic hydroxyl groups is 2. The highest BCUT2D eigenvalue weighted by atomic mass is 16.5. The first-order chi connectivity index (χ1) is 9.01. The largest absolute Gasteiger partial charge is 0.480 e. The minimum atomic E-state index is -0.927. The number of carbonyl (C=O) groups is 1. The van der Waals surface area contributed by atoms with E-state index >= 15 is 0 Å². The van der Waals surface area contributed by atoms with Crippen molar-refractivity contribution in [2.24, 2.45) is 5.73 Å². The maximum absolute atomic E-state index is 11.0. The molecule has 0 amide bonds. The first-order valence-corrected chi connectivity index (χ1v) is 6.58. The predicted octanol–water partition coefficient (Wildman–Crippen LogP) is -1.08. The molecular formula is C12H26N2O5. The molecule has 0 radical (unpaired) electrons. The number of hydrogen-bond acceptors (Lipinski definition) is 6. The van der Waals surface area contributed by atoms with Gasteiger partial charge in [0.25, 0.3) is 0 Å². The highest BCUT2D eigenvalue weighted by Crippen LogP contribution is 2.02. The van der Waals surface area contributed by atoms with Crippen molar-refractivity contribution in [2.45, 2.75) is 44.4 Å². The van der Waals surface area contributed by atoms with Crippen molar-refractivity contribution in [2.75, 3.05) is 26.3 Å². The van der Waals surface area contributed by atoms with Crippen LogP contribution >= 0.6 is 0 Å². The van der Waals surface area contributed by atoms with Gasteiger partial charge in [0.05, 0.1) is 25.4 Å². The van der Waals surface area contributed by atoms with Crippen LogP contribution in [-0.2, 0) is 9.53 Å². The SMILES string of the molecule is CC(O)COC(CO)CN[C@@H](CCCCN)C(=O)O. The van der Waals surface area contributed by atoms with Gasteiger partial charge in [-0.2, -0.15) is 0 Å². The average Bonchev–Trinajstić information content (AvgIpc) is 2.36. The summed E-state index contributed by atoms with van der Waals surface area (Å²) < 4.78 is 5.23. The van der Waals surface area contributed by atoms with Gasteiger partial charge in [-0.3, -0.25) is 4.79 Å². The van der Waals surface area contributed by atoms with Crippen LogP contribution in [0.3, 0.4) is 0 Å². The third-order valence-electron chi connectivity index (χ3n) is 2.61. The molecule has 7 nitrogen and oxygen atoms in total. The predicted molar refractivity (Wildman–Crippen MR) is 70.8 cm³/mol. The molecule has 0 aliphatic rings. The zero-order chi connectivity index (χ0) is 14.7. The zero-order valence-corrected chi connectivity index (χ0v) is 11.4. The van der Waals surface area contributed by atoms with Crippen molar-refractivity contribution >= 4 is 5.97 Å². The van der Waals surface area contributed by atoms with Crippen LogP contribution in [0.25, 0.3) is 0 Å². The molecule has 0 saturated carbocycles. The number of hydrogen-bond donors (Lipinski definition) is 5. The smallest absolute Gasteiger partial charge is 0.320 e. The molecule has 7 heteroatoms. The van der Waals surface area contributed by atoms with Crippen molar-refractivity contribution in [1.82, 2.24) is 5.32 Å². The summed E-state index contributed by atoms with van der Waals surface area (Å²) in [6.45, 7) is 2.23. The van der Waals surface area contributed by atoms with Crippen molar-refractivity contribution in [3.63, 3.8) is 0 Å². The van der Waals surface area contributed by atoms with Crippen LogP contribution in [0.1, 0.15) is 26.2 Å². The fourth-order valence-electron chi connectivity index (χ4n) is 1.53. The van der Waals surface area contributed by atoms with Crippen molar-refractivity contribution in [3.8, 4) is 0 Å². The van der Waals surface area contributed by atoms with Crippen molar-refractivity contribution in [1.29, 1.82) is 0 Å². The summed E-state index contributed by atoms with van der Waals surface area (Å²) in [6, 6.07) is -0.671. The lowest BCUT2D eigenvalue weighted by Gasteiger charge is -2.20. The Kier molecular flexibility index (Phi) is 10.7. The molecule has 0 aromatic heterocycles. The summed E-state index contributed by atoms with van der Waals surface area (Å²) >= 11 is 0. The van der Waals surface area contributed by atoms with E-state index in [9.17, 15) is 4.79 Å². The van der Waals surface area contributed by atoms with Gasteiger partial charge in [-0.15, -0.1) is 0 Å². The second-order valence-corrected chi connectivity index (χ2v) is 4.57. The van der Waals surface area contributed by atoms with Gasteiger partial charge < -0.3 is 31.1 Å². The van der Waals surface area contributed by atoms with Gasteiger partial charge in [0.1, 0.15) is 6.04 Å². The Morgan fingerprint density at radius 1 is 1.42 bits per heavy atom. The van der Waals surface area contributed by atoms with Gasteiger partial charge in [0.15, 0.2) is 0 Å². The van der Waals surface area contributed by atoms with Crippen LogP contribution in [0.5, 0.6) is 0 Å². The van der Waals surface area contributed by atoms with E-state index in [1.54, 1.807) is 6.92 Å². The van der Waals surface area contributed by atoms with Crippen LogP contribution < -0.4 is 11.1 Å². The Hall–Kier alpha value is -0.730. The lowest BCUT2D eigenvalue weighted by Crippen LogP contribution is -2.43. The number of ether oxygens (including phenoxy) is 1. The van der Waals surface area contributed by atoms with E-state index in [0.717, 1.165) is 12.8 Å². The molecule has 0 spiro atoms. The average molecular weight is 278 g/mol. The van der Waals surface area contributed by atoms with E-state index in [0.29, 0.717) is 13.0 Å².